The number of rotatable bonds is 7. The Kier molecular flexibility index (Phi) is 6.19. The van der Waals surface area contributed by atoms with Crippen LogP contribution in [0.3, 0.4) is 0 Å². The van der Waals surface area contributed by atoms with E-state index in [0.29, 0.717) is 5.41 Å². The number of pyridine rings is 1. The molecule has 1 aromatic heterocycles. The summed E-state index contributed by atoms with van der Waals surface area (Å²) in [5, 5.41) is 3.42. The lowest BCUT2D eigenvalue weighted by Crippen LogP contribution is -2.38. The van der Waals surface area contributed by atoms with E-state index in [1.165, 1.54) is 50.0 Å². The fraction of sp³-hybridized carbons (Fsp3) is 0.722. The molecule has 21 heavy (non-hydrogen) atoms. The molecule has 3 heteroatoms. The lowest BCUT2D eigenvalue weighted by molar-refractivity contribution is 0.109. The van der Waals surface area contributed by atoms with Crippen molar-refractivity contribution in [3.8, 4) is 0 Å². The summed E-state index contributed by atoms with van der Waals surface area (Å²) in [6, 6.07) is 4.40. The number of likely N-dealkylation sites (tertiary alicyclic amines) is 1. The average Bonchev–Trinajstić information content (AvgIpc) is 2.52. The van der Waals surface area contributed by atoms with E-state index in [1.807, 2.05) is 6.20 Å². The maximum Gasteiger partial charge on any atom is 0.0544 e. The summed E-state index contributed by atoms with van der Waals surface area (Å²) < 4.78 is 0. The molecule has 0 spiro atoms. The van der Waals surface area contributed by atoms with Crippen molar-refractivity contribution in [1.82, 2.24) is 15.2 Å². The standard InChI is InChI=1S/C18H31N3/c1-4-10-19-13-16-6-7-17(20-14-16)15-21-11-8-18(3,5-2)9-12-21/h6-7,14,19H,4-5,8-13,15H2,1-3H3. The van der Waals surface area contributed by atoms with Crippen LogP contribution in [0, 0.1) is 5.41 Å². The van der Waals surface area contributed by atoms with E-state index in [4.69, 9.17) is 0 Å². The molecule has 2 heterocycles. The maximum absolute atomic E-state index is 4.63. The molecule has 1 N–H and O–H groups in total. The second-order valence-corrected chi connectivity index (χ2v) is 6.77. The molecule has 3 nitrogen and oxygen atoms in total. The smallest absolute Gasteiger partial charge is 0.0544 e. The van der Waals surface area contributed by atoms with Crippen molar-refractivity contribution in [2.45, 2.75) is 59.5 Å². The molecular formula is C18H31N3. The number of nitrogens with one attached hydrogen (secondary N) is 1. The molecule has 0 amide bonds. The zero-order chi connectivity index (χ0) is 15.1. The zero-order valence-electron chi connectivity index (χ0n) is 14.0. The summed E-state index contributed by atoms with van der Waals surface area (Å²) in [7, 11) is 0. The van der Waals surface area contributed by atoms with E-state index in [1.54, 1.807) is 0 Å². The van der Waals surface area contributed by atoms with E-state index in [-0.39, 0.29) is 0 Å². The zero-order valence-corrected chi connectivity index (χ0v) is 14.0. The van der Waals surface area contributed by atoms with Crippen molar-refractivity contribution < 1.29 is 0 Å². The SMILES string of the molecule is CCCNCc1ccc(CN2CCC(C)(CC)CC2)nc1. The molecule has 2 rings (SSSR count). The van der Waals surface area contributed by atoms with E-state index in [0.717, 1.165) is 19.6 Å². The van der Waals surface area contributed by atoms with Crippen molar-refractivity contribution in [1.29, 1.82) is 0 Å². The third-order valence-electron chi connectivity index (χ3n) is 4.94. The summed E-state index contributed by atoms with van der Waals surface area (Å²) in [6.45, 7) is 12.4. The van der Waals surface area contributed by atoms with Crippen LogP contribution in [0.25, 0.3) is 0 Å². The predicted octanol–water partition coefficient (Wildman–Crippen LogP) is 3.59. The van der Waals surface area contributed by atoms with Gasteiger partial charge in [0.25, 0.3) is 0 Å². The molecule has 0 aliphatic carbocycles. The van der Waals surface area contributed by atoms with Gasteiger partial charge in [-0.25, -0.2) is 0 Å². The summed E-state index contributed by atoms with van der Waals surface area (Å²) in [5.74, 6) is 0. The van der Waals surface area contributed by atoms with E-state index in [2.05, 4.69) is 48.1 Å². The van der Waals surface area contributed by atoms with Crippen LogP contribution in [-0.4, -0.2) is 29.5 Å². The summed E-state index contributed by atoms with van der Waals surface area (Å²) in [6.07, 6.45) is 7.15. The molecule has 0 bridgehead atoms. The van der Waals surface area contributed by atoms with Gasteiger partial charge in [-0.15, -0.1) is 0 Å². The van der Waals surface area contributed by atoms with Crippen LogP contribution in [0.2, 0.25) is 0 Å². The van der Waals surface area contributed by atoms with E-state index in [9.17, 15) is 0 Å². The van der Waals surface area contributed by atoms with Gasteiger partial charge in [0, 0.05) is 19.3 Å². The fourth-order valence-electron chi connectivity index (χ4n) is 2.90. The first kappa shape index (κ1) is 16.4. The van der Waals surface area contributed by atoms with Gasteiger partial charge in [-0.05, 0) is 55.9 Å². The number of aromatic nitrogens is 1. The molecule has 0 atom stereocenters. The fourth-order valence-corrected chi connectivity index (χ4v) is 2.90. The van der Waals surface area contributed by atoms with Crippen LogP contribution in [0.15, 0.2) is 18.3 Å². The average molecular weight is 289 g/mol. The minimum atomic E-state index is 0.568. The van der Waals surface area contributed by atoms with Gasteiger partial charge in [0.15, 0.2) is 0 Å². The molecule has 0 radical (unpaired) electrons. The Morgan fingerprint density at radius 3 is 2.57 bits per heavy atom. The van der Waals surface area contributed by atoms with Gasteiger partial charge in [-0.3, -0.25) is 9.88 Å². The lowest BCUT2D eigenvalue weighted by Gasteiger charge is -2.38. The highest BCUT2D eigenvalue weighted by Gasteiger charge is 2.28. The van der Waals surface area contributed by atoms with Crippen molar-refractivity contribution in [3.05, 3.63) is 29.6 Å². The topological polar surface area (TPSA) is 28.2 Å². The van der Waals surface area contributed by atoms with Gasteiger partial charge in [0.05, 0.1) is 5.69 Å². The van der Waals surface area contributed by atoms with Crippen molar-refractivity contribution in [2.24, 2.45) is 5.41 Å². The van der Waals surface area contributed by atoms with Crippen molar-refractivity contribution >= 4 is 0 Å². The van der Waals surface area contributed by atoms with Crippen molar-refractivity contribution in [2.75, 3.05) is 19.6 Å². The lowest BCUT2D eigenvalue weighted by atomic mass is 9.78. The molecule has 1 fully saturated rings. The molecule has 0 aromatic carbocycles. The first-order chi connectivity index (χ1) is 10.1. The minimum absolute atomic E-state index is 0.568. The third-order valence-corrected chi connectivity index (χ3v) is 4.94. The van der Waals surface area contributed by atoms with Crippen LogP contribution in [0.4, 0.5) is 0 Å². The number of nitrogens with zero attached hydrogens (tertiary/aromatic N) is 2. The molecule has 0 saturated carbocycles. The first-order valence-electron chi connectivity index (χ1n) is 8.52. The highest BCUT2D eigenvalue weighted by Crippen LogP contribution is 2.34. The Balaban J connectivity index is 1.78. The Labute approximate surface area is 130 Å². The van der Waals surface area contributed by atoms with E-state index >= 15 is 0 Å². The first-order valence-corrected chi connectivity index (χ1v) is 8.52. The summed E-state index contributed by atoms with van der Waals surface area (Å²) >= 11 is 0. The molecule has 1 aliphatic rings. The highest BCUT2D eigenvalue weighted by atomic mass is 15.1. The molecular weight excluding hydrogens is 258 g/mol. The highest BCUT2D eigenvalue weighted by molar-refractivity contribution is 5.14. The second kappa shape index (κ2) is 7.90. The largest absolute Gasteiger partial charge is 0.313 e. The normalized spacial score (nSPS) is 18.8. The van der Waals surface area contributed by atoms with Crippen molar-refractivity contribution in [3.63, 3.8) is 0 Å². The van der Waals surface area contributed by atoms with E-state index < -0.39 is 0 Å². The van der Waals surface area contributed by atoms with Crippen LogP contribution >= 0.6 is 0 Å². The molecule has 1 aromatic rings. The summed E-state index contributed by atoms with van der Waals surface area (Å²) in [4.78, 5) is 7.18. The quantitative estimate of drug-likeness (QED) is 0.778. The van der Waals surface area contributed by atoms with Crippen LogP contribution in [-0.2, 0) is 13.1 Å². The van der Waals surface area contributed by atoms with Gasteiger partial charge in [-0.1, -0.05) is 33.3 Å². The van der Waals surface area contributed by atoms with Crippen LogP contribution in [0.1, 0.15) is 57.7 Å². The third kappa shape index (κ3) is 5.08. The van der Waals surface area contributed by atoms with Gasteiger partial charge in [-0.2, -0.15) is 0 Å². The van der Waals surface area contributed by atoms with Crippen LogP contribution in [0.5, 0.6) is 0 Å². The maximum atomic E-state index is 4.63. The van der Waals surface area contributed by atoms with Gasteiger partial charge in [0.1, 0.15) is 0 Å². The number of hydrogen-bond acceptors (Lipinski definition) is 3. The van der Waals surface area contributed by atoms with Gasteiger partial charge < -0.3 is 5.32 Å². The molecule has 118 valence electrons. The number of hydrogen-bond donors (Lipinski definition) is 1. The Hall–Kier alpha value is -0.930. The Morgan fingerprint density at radius 2 is 2.00 bits per heavy atom. The Morgan fingerprint density at radius 1 is 1.24 bits per heavy atom. The Bertz CT molecular complexity index is 405. The van der Waals surface area contributed by atoms with Crippen LogP contribution < -0.4 is 5.32 Å². The second-order valence-electron chi connectivity index (χ2n) is 6.77. The number of piperidine rings is 1. The predicted molar refractivity (Wildman–Crippen MR) is 89.1 cm³/mol. The summed E-state index contributed by atoms with van der Waals surface area (Å²) in [5.41, 5.74) is 3.05. The minimum Gasteiger partial charge on any atom is -0.313 e. The van der Waals surface area contributed by atoms with Gasteiger partial charge in [0.2, 0.25) is 0 Å². The molecule has 1 saturated heterocycles. The molecule has 0 unspecified atom stereocenters. The monoisotopic (exact) mass is 289 g/mol. The van der Waals surface area contributed by atoms with Gasteiger partial charge >= 0.3 is 0 Å². The molecule has 1 aliphatic heterocycles.